The lowest BCUT2D eigenvalue weighted by atomic mass is 10.2. The molecule has 21 heavy (non-hydrogen) atoms. The Morgan fingerprint density at radius 3 is 2.76 bits per heavy atom. The molecular formula is C17H16N2OS. The molecule has 0 aliphatic heterocycles. The Hall–Kier alpha value is -2.33. The van der Waals surface area contributed by atoms with E-state index in [4.69, 9.17) is 0 Å². The number of fused-ring (bicyclic) bond motifs is 1. The maximum absolute atomic E-state index is 11.8. The van der Waals surface area contributed by atoms with E-state index < -0.39 is 0 Å². The van der Waals surface area contributed by atoms with Crippen LogP contribution in [0.25, 0.3) is 10.1 Å². The number of benzene rings is 2. The number of carbonyl (C=O) groups excluding carboxylic acids is 1. The Bertz CT molecular complexity index is 737. The number of thiophene rings is 1. The van der Waals surface area contributed by atoms with Crippen molar-refractivity contribution >= 4 is 33.0 Å². The Balaban J connectivity index is 1.51. The van der Waals surface area contributed by atoms with Crippen LogP contribution in [0.4, 0.5) is 5.69 Å². The van der Waals surface area contributed by atoms with Crippen molar-refractivity contribution in [3.05, 3.63) is 65.5 Å². The van der Waals surface area contributed by atoms with Crippen LogP contribution in [0.3, 0.4) is 0 Å². The molecule has 1 aromatic heterocycles. The third kappa shape index (κ3) is 3.61. The van der Waals surface area contributed by atoms with E-state index in [1.54, 1.807) is 11.3 Å². The first kappa shape index (κ1) is 13.6. The third-order valence-corrected chi connectivity index (χ3v) is 4.14. The highest BCUT2D eigenvalue weighted by Gasteiger charge is 2.02. The molecule has 0 spiro atoms. The number of amides is 1. The molecule has 0 atom stereocenters. The van der Waals surface area contributed by atoms with E-state index in [0.29, 0.717) is 6.54 Å². The van der Waals surface area contributed by atoms with Gasteiger partial charge in [0.15, 0.2) is 0 Å². The minimum absolute atomic E-state index is 0.00994. The van der Waals surface area contributed by atoms with Crippen LogP contribution in [0.5, 0.6) is 0 Å². The van der Waals surface area contributed by atoms with Gasteiger partial charge in [0, 0.05) is 16.9 Å². The zero-order valence-electron chi connectivity index (χ0n) is 11.5. The molecule has 106 valence electrons. The molecule has 2 aromatic carbocycles. The van der Waals surface area contributed by atoms with Gasteiger partial charge in [-0.25, -0.2) is 0 Å². The quantitative estimate of drug-likeness (QED) is 0.755. The van der Waals surface area contributed by atoms with Gasteiger partial charge >= 0.3 is 0 Å². The second kappa shape index (κ2) is 6.41. The van der Waals surface area contributed by atoms with Crippen molar-refractivity contribution in [3.63, 3.8) is 0 Å². The molecule has 1 amide bonds. The summed E-state index contributed by atoms with van der Waals surface area (Å²) >= 11 is 1.72. The van der Waals surface area contributed by atoms with Gasteiger partial charge in [-0.1, -0.05) is 30.3 Å². The van der Waals surface area contributed by atoms with Crippen molar-refractivity contribution in [1.29, 1.82) is 0 Å². The molecule has 0 aliphatic rings. The van der Waals surface area contributed by atoms with Gasteiger partial charge < -0.3 is 10.6 Å². The highest BCUT2D eigenvalue weighted by Crippen LogP contribution is 2.23. The summed E-state index contributed by atoms with van der Waals surface area (Å²) in [4.78, 5) is 11.8. The van der Waals surface area contributed by atoms with Crippen molar-refractivity contribution in [2.45, 2.75) is 6.54 Å². The summed E-state index contributed by atoms with van der Waals surface area (Å²) in [5, 5.41) is 9.33. The van der Waals surface area contributed by atoms with Gasteiger partial charge in [0.25, 0.3) is 0 Å². The van der Waals surface area contributed by atoms with E-state index in [1.165, 1.54) is 10.1 Å². The van der Waals surface area contributed by atoms with Gasteiger partial charge in [-0.15, -0.1) is 11.3 Å². The molecule has 0 aliphatic carbocycles. The van der Waals surface area contributed by atoms with E-state index in [2.05, 4.69) is 34.2 Å². The second-order valence-corrected chi connectivity index (χ2v) is 5.74. The van der Waals surface area contributed by atoms with Crippen LogP contribution in [0, 0.1) is 0 Å². The van der Waals surface area contributed by atoms with Crippen LogP contribution < -0.4 is 10.6 Å². The van der Waals surface area contributed by atoms with Crippen LogP contribution >= 0.6 is 11.3 Å². The summed E-state index contributed by atoms with van der Waals surface area (Å²) in [6.07, 6.45) is 0. The summed E-state index contributed by atoms with van der Waals surface area (Å²) in [6, 6.07) is 18.1. The molecule has 0 bridgehead atoms. The lowest BCUT2D eigenvalue weighted by Crippen LogP contribution is -2.29. The van der Waals surface area contributed by atoms with Crippen LogP contribution in [-0.2, 0) is 11.3 Å². The van der Waals surface area contributed by atoms with E-state index in [9.17, 15) is 4.79 Å². The molecule has 0 saturated heterocycles. The number of anilines is 1. The zero-order valence-corrected chi connectivity index (χ0v) is 12.3. The van der Waals surface area contributed by atoms with Crippen molar-refractivity contribution in [1.82, 2.24) is 5.32 Å². The molecule has 4 heteroatoms. The molecule has 1 heterocycles. The Kier molecular flexibility index (Phi) is 4.17. The first-order chi connectivity index (χ1) is 10.3. The Morgan fingerprint density at radius 1 is 1.05 bits per heavy atom. The predicted molar refractivity (Wildman–Crippen MR) is 88.6 cm³/mol. The molecule has 0 saturated carbocycles. The highest BCUT2D eigenvalue weighted by molar-refractivity contribution is 7.17. The summed E-state index contributed by atoms with van der Waals surface area (Å²) in [6.45, 7) is 0.841. The fourth-order valence-electron chi connectivity index (χ4n) is 2.12. The molecule has 3 aromatic rings. The number of hydrogen-bond donors (Lipinski definition) is 2. The molecule has 2 N–H and O–H groups in total. The average Bonchev–Trinajstić information content (AvgIpc) is 2.99. The van der Waals surface area contributed by atoms with Gasteiger partial charge in [-0.2, -0.15) is 0 Å². The largest absolute Gasteiger partial charge is 0.376 e. The molecule has 0 fully saturated rings. The minimum Gasteiger partial charge on any atom is -0.376 e. The van der Waals surface area contributed by atoms with Crippen molar-refractivity contribution < 1.29 is 4.79 Å². The molecular weight excluding hydrogens is 280 g/mol. The third-order valence-electron chi connectivity index (χ3n) is 3.24. The molecule has 3 nitrogen and oxygen atoms in total. The first-order valence-electron chi connectivity index (χ1n) is 6.83. The standard InChI is InChI=1S/C17H16N2OS/c20-17(19-11-13-4-2-1-3-5-13)12-18-15-6-7-16-14(10-15)8-9-21-16/h1-10,18H,11-12H2,(H,19,20). The van der Waals surface area contributed by atoms with Crippen LogP contribution in [0.1, 0.15) is 5.56 Å². The van der Waals surface area contributed by atoms with Crippen LogP contribution in [0.15, 0.2) is 60.0 Å². The fourth-order valence-corrected chi connectivity index (χ4v) is 2.89. The van der Waals surface area contributed by atoms with Crippen molar-refractivity contribution in [2.75, 3.05) is 11.9 Å². The average molecular weight is 296 g/mol. The SMILES string of the molecule is O=C(CNc1ccc2sccc2c1)NCc1ccccc1. The van der Waals surface area contributed by atoms with Crippen LogP contribution in [0.2, 0.25) is 0 Å². The Labute approximate surface area is 127 Å². The van der Waals surface area contributed by atoms with Crippen molar-refractivity contribution in [2.24, 2.45) is 0 Å². The highest BCUT2D eigenvalue weighted by atomic mass is 32.1. The molecule has 0 radical (unpaired) electrons. The minimum atomic E-state index is -0.00994. The summed E-state index contributed by atoms with van der Waals surface area (Å²) in [5.74, 6) is -0.00994. The summed E-state index contributed by atoms with van der Waals surface area (Å²) in [5.41, 5.74) is 2.07. The maximum Gasteiger partial charge on any atom is 0.239 e. The number of rotatable bonds is 5. The van der Waals surface area contributed by atoms with E-state index >= 15 is 0 Å². The predicted octanol–water partition coefficient (Wildman–Crippen LogP) is 3.63. The monoisotopic (exact) mass is 296 g/mol. The number of nitrogens with one attached hydrogen (secondary N) is 2. The molecule has 3 rings (SSSR count). The summed E-state index contributed by atoms with van der Waals surface area (Å²) < 4.78 is 1.26. The normalized spacial score (nSPS) is 10.5. The Morgan fingerprint density at radius 2 is 1.90 bits per heavy atom. The maximum atomic E-state index is 11.8. The van der Waals surface area contributed by atoms with Crippen LogP contribution in [-0.4, -0.2) is 12.5 Å². The lowest BCUT2D eigenvalue weighted by Gasteiger charge is -2.08. The van der Waals surface area contributed by atoms with E-state index in [0.717, 1.165) is 11.3 Å². The topological polar surface area (TPSA) is 41.1 Å². The summed E-state index contributed by atoms with van der Waals surface area (Å²) in [7, 11) is 0. The zero-order chi connectivity index (χ0) is 14.5. The van der Waals surface area contributed by atoms with Gasteiger partial charge in [-0.3, -0.25) is 4.79 Å². The van der Waals surface area contributed by atoms with Crippen molar-refractivity contribution in [3.8, 4) is 0 Å². The smallest absolute Gasteiger partial charge is 0.239 e. The van der Waals surface area contributed by atoms with Gasteiger partial charge in [0.1, 0.15) is 0 Å². The lowest BCUT2D eigenvalue weighted by molar-refractivity contribution is -0.119. The second-order valence-electron chi connectivity index (χ2n) is 4.79. The number of carbonyl (C=O) groups is 1. The van der Waals surface area contributed by atoms with Gasteiger partial charge in [0.2, 0.25) is 5.91 Å². The van der Waals surface area contributed by atoms with E-state index in [-0.39, 0.29) is 12.5 Å². The van der Waals surface area contributed by atoms with Gasteiger partial charge in [-0.05, 0) is 40.6 Å². The van der Waals surface area contributed by atoms with E-state index in [1.807, 2.05) is 36.4 Å². The fraction of sp³-hybridized carbons (Fsp3) is 0.118. The van der Waals surface area contributed by atoms with Gasteiger partial charge in [0.05, 0.1) is 6.54 Å². The molecule has 0 unspecified atom stereocenters. The first-order valence-corrected chi connectivity index (χ1v) is 7.71. The number of hydrogen-bond acceptors (Lipinski definition) is 3.